The summed E-state index contributed by atoms with van der Waals surface area (Å²) < 4.78 is 5.82. The largest absolute Gasteiger partial charge is 0.491 e. The van der Waals surface area contributed by atoms with Gasteiger partial charge in [-0.25, -0.2) is 4.98 Å². The number of anilines is 1. The molecule has 3 rings (SSSR count). The Bertz CT molecular complexity index is 563. The van der Waals surface area contributed by atoms with Crippen LogP contribution in [0.15, 0.2) is 30.7 Å². The number of aromatic amines is 1. The number of rotatable bonds is 4. The number of imidazole rings is 1. The minimum Gasteiger partial charge on any atom is -0.491 e. The molecule has 0 amide bonds. The maximum absolute atomic E-state index is 5.82. The summed E-state index contributed by atoms with van der Waals surface area (Å²) in [5.41, 5.74) is 3.85. The standard InChI is InChI=1S/C16H21N3O/c1-12(2)20-15-6-5-13-4-3-7-19(16(13)8-15)10-14-9-17-11-18-14/h5-6,8-9,11-12H,3-4,7,10H2,1-2H3,(H,17,18). The van der Waals surface area contributed by atoms with Gasteiger partial charge in [0.1, 0.15) is 5.75 Å². The molecule has 2 heterocycles. The van der Waals surface area contributed by atoms with Crippen LogP contribution in [0.5, 0.6) is 5.75 Å². The summed E-state index contributed by atoms with van der Waals surface area (Å²) in [7, 11) is 0. The predicted molar refractivity (Wildman–Crippen MR) is 80.2 cm³/mol. The van der Waals surface area contributed by atoms with E-state index < -0.39 is 0 Å². The van der Waals surface area contributed by atoms with E-state index in [1.807, 2.05) is 6.20 Å². The van der Waals surface area contributed by atoms with Gasteiger partial charge in [0.25, 0.3) is 0 Å². The van der Waals surface area contributed by atoms with Crippen molar-refractivity contribution in [2.45, 2.75) is 39.3 Å². The Balaban J connectivity index is 1.85. The number of nitrogens with zero attached hydrogens (tertiary/aromatic N) is 2. The van der Waals surface area contributed by atoms with Crippen LogP contribution in [0.4, 0.5) is 5.69 Å². The second kappa shape index (κ2) is 5.57. The van der Waals surface area contributed by atoms with Crippen LogP contribution < -0.4 is 9.64 Å². The van der Waals surface area contributed by atoms with Crippen molar-refractivity contribution in [1.82, 2.24) is 9.97 Å². The third kappa shape index (κ3) is 2.79. The molecule has 0 atom stereocenters. The molecule has 0 saturated heterocycles. The number of aromatic nitrogens is 2. The molecule has 2 aromatic rings. The SMILES string of the molecule is CC(C)Oc1ccc2c(c1)N(Cc1cnc[nH]1)CCC2. The van der Waals surface area contributed by atoms with Crippen molar-refractivity contribution >= 4 is 5.69 Å². The topological polar surface area (TPSA) is 41.1 Å². The van der Waals surface area contributed by atoms with Crippen molar-refractivity contribution in [3.05, 3.63) is 42.0 Å². The van der Waals surface area contributed by atoms with E-state index in [0.29, 0.717) is 0 Å². The van der Waals surface area contributed by atoms with Gasteiger partial charge in [-0.1, -0.05) is 6.07 Å². The number of H-pyrrole nitrogens is 1. The Labute approximate surface area is 119 Å². The fourth-order valence-electron chi connectivity index (χ4n) is 2.72. The first-order valence-electron chi connectivity index (χ1n) is 7.24. The number of hydrogen-bond acceptors (Lipinski definition) is 3. The van der Waals surface area contributed by atoms with Crippen LogP contribution >= 0.6 is 0 Å². The average molecular weight is 271 g/mol. The van der Waals surface area contributed by atoms with Crippen molar-refractivity contribution in [3.8, 4) is 5.75 Å². The van der Waals surface area contributed by atoms with Crippen molar-refractivity contribution in [1.29, 1.82) is 0 Å². The first-order chi connectivity index (χ1) is 9.72. The number of ether oxygens (including phenoxy) is 1. The maximum Gasteiger partial charge on any atom is 0.121 e. The van der Waals surface area contributed by atoms with Gasteiger partial charge in [-0.2, -0.15) is 0 Å². The molecule has 0 unspecified atom stereocenters. The van der Waals surface area contributed by atoms with Crippen LogP contribution in [0.25, 0.3) is 0 Å². The quantitative estimate of drug-likeness (QED) is 0.928. The van der Waals surface area contributed by atoms with E-state index in [0.717, 1.165) is 31.0 Å². The van der Waals surface area contributed by atoms with Crippen LogP contribution in [0.1, 0.15) is 31.5 Å². The van der Waals surface area contributed by atoms with Gasteiger partial charge in [0.2, 0.25) is 0 Å². The van der Waals surface area contributed by atoms with Gasteiger partial charge in [0.15, 0.2) is 0 Å². The summed E-state index contributed by atoms with van der Waals surface area (Å²) in [5, 5.41) is 0. The molecule has 1 aliphatic heterocycles. The van der Waals surface area contributed by atoms with E-state index in [1.165, 1.54) is 17.7 Å². The Morgan fingerprint density at radius 3 is 3.05 bits per heavy atom. The lowest BCUT2D eigenvalue weighted by molar-refractivity contribution is 0.242. The van der Waals surface area contributed by atoms with Gasteiger partial charge < -0.3 is 14.6 Å². The van der Waals surface area contributed by atoms with Gasteiger partial charge in [0.05, 0.1) is 24.7 Å². The fourth-order valence-corrected chi connectivity index (χ4v) is 2.72. The van der Waals surface area contributed by atoms with Crippen molar-refractivity contribution in [2.24, 2.45) is 0 Å². The van der Waals surface area contributed by atoms with E-state index in [1.54, 1.807) is 6.33 Å². The third-order valence-corrected chi connectivity index (χ3v) is 3.56. The Hall–Kier alpha value is -1.97. The van der Waals surface area contributed by atoms with Crippen molar-refractivity contribution < 1.29 is 4.74 Å². The average Bonchev–Trinajstić information content (AvgIpc) is 2.92. The minimum atomic E-state index is 0.206. The lowest BCUT2D eigenvalue weighted by Gasteiger charge is -2.31. The van der Waals surface area contributed by atoms with Gasteiger partial charge in [-0.05, 0) is 38.3 Å². The van der Waals surface area contributed by atoms with Gasteiger partial charge in [0, 0.05) is 24.5 Å². The van der Waals surface area contributed by atoms with Crippen LogP contribution in [-0.2, 0) is 13.0 Å². The number of nitrogens with one attached hydrogen (secondary N) is 1. The third-order valence-electron chi connectivity index (χ3n) is 3.56. The summed E-state index contributed by atoms with van der Waals surface area (Å²) in [5.74, 6) is 0.954. The van der Waals surface area contributed by atoms with Crippen molar-refractivity contribution in [3.63, 3.8) is 0 Å². The van der Waals surface area contributed by atoms with Gasteiger partial charge in [-0.15, -0.1) is 0 Å². The molecule has 0 radical (unpaired) electrons. The highest BCUT2D eigenvalue weighted by Crippen LogP contribution is 2.32. The molecule has 0 bridgehead atoms. The summed E-state index contributed by atoms with van der Waals surface area (Å²) in [6, 6.07) is 6.45. The highest BCUT2D eigenvalue weighted by molar-refractivity contribution is 5.59. The molecule has 1 aromatic carbocycles. The van der Waals surface area contributed by atoms with Crippen LogP contribution in [0, 0.1) is 0 Å². The monoisotopic (exact) mass is 271 g/mol. The second-order valence-corrected chi connectivity index (χ2v) is 5.56. The summed E-state index contributed by atoms with van der Waals surface area (Å²) in [6.07, 6.45) is 6.18. The van der Waals surface area contributed by atoms with Crippen LogP contribution in [-0.4, -0.2) is 22.6 Å². The Morgan fingerprint density at radius 1 is 1.40 bits per heavy atom. The van der Waals surface area contributed by atoms with Gasteiger partial charge >= 0.3 is 0 Å². The highest BCUT2D eigenvalue weighted by Gasteiger charge is 2.18. The summed E-state index contributed by atoms with van der Waals surface area (Å²) in [6.45, 7) is 6.07. The molecule has 106 valence electrons. The smallest absolute Gasteiger partial charge is 0.121 e. The molecule has 4 nitrogen and oxygen atoms in total. The fraction of sp³-hybridized carbons (Fsp3) is 0.438. The lowest BCUT2D eigenvalue weighted by Crippen LogP contribution is -2.29. The number of hydrogen-bond donors (Lipinski definition) is 1. The maximum atomic E-state index is 5.82. The molecule has 0 saturated carbocycles. The molecule has 0 fully saturated rings. The summed E-state index contributed by atoms with van der Waals surface area (Å²) >= 11 is 0. The molecule has 0 spiro atoms. The van der Waals surface area contributed by atoms with E-state index in [-0.39, 0.29) is 6.10 Å². The molecule has 20 heavy (non-hydrogen) atoms. The Kier molecular flexibility index (Phi) is 3.63. The normalized spacial score (nSPS) is 14.4. The Morgan fingerprint density at radius 2 is 2.30 bits per heavy atom. The molecule has 1 aromatic heterocycles. The minimum absolute atomic E-state index is 0.206. The first-order valence-corrected chi connectivity index (χ1v) is 7.24. The van der Waals surface area contributed by atoms with Gasteiger partial charge in [-0.3, -0.25) is 0 Å². The van der Waals surface area contributed by atoms with E-state index in [9.17, 15) is 0 Å². The van der Waals surface area contributed by atoms with E-state index >= 15 is 0 Å². The van der Waals surface area contributed by atoms with Crippen LogP contribution in [0.3, 0.4) is 0 Å². The number of fused-ring (bicyclic) bond motifs is 1. The predicted octanol–water partition coefficient (Wildman–Crippen LogP) is 3.15. The molecule has 1 aliphatic rings. The van der Waals surface area contributed by atoms with Crippen molar-refractivity contribution in [2.75, 3.05) is 11.4 Å². The zero-order valence-corrected chi connectivity index (χ0v) is 12.1. The molecular weight excluding hydrogens is 250 g/mol. The highest BCUT2D eigenvalue weighted by atomic mass is 16.5. The van der Waals surface area contributed by atoms with E-state index in [4.69, 9.17) is 4.74 Å². The lowest BCUT2D eigenvalue weighted by atomic mass is 10.0. The van der Waals surface area contributed by atoms with Crippen LogP contribution in [0.2, 0.25) is 0 Å². The molecular formula is C16H21N3O. The van der Waals surface area contributed by atoms with E-state index in [2.05, 4.69) is 46.9 Å². The number of benzene rings is 1. The summed E-state index contributed by atoms with van der Waals surface area (Å²) in [4.78, 5) is 9.67. The molecule has 4 heteroatoms. The zero-order valence-electron chi connectivity index (χ0n) is 12.1. The zero-order chi connectivity index (χ0) is 13.9. The second-order valence-electron chi connectivity index (χ2n) is 5.56. The first kappa shape index (κ1) is 13.0. The molecule has 0 aliphatic carbocycles. The number of aryl methyl sites for hydroxylation is 1. The molecule has 1 N–H and O–H groups in total.